The van der Waals surface area contributed by atoms with Crippen LogP contribution in [0.25, 0.3) is 0 Å². The Morgan fingerprint density at radius 2 is 2.09 bits per heavy atom. The van der Waals surface area contributed by atoms with Gasteiger partial charge in [-0.1, -0.05) is 6.42 Å². The second-order valence-electron chi connectivity index (χ2n) is 2.98. The molecule has 4 heteroatoms. The maximum absolute atomic E-state index is 5.69. The van der Waals surface area contributed by atoms with Crippen LogP contribution in [0.2, 0.25) is 4.55 Å². The SMILES string of the molecule is CC1(CC[CH2][Mg][Cl])OCCO1. The van der Waals surface area contributed by atoms with Crippen molar-refractivity contribution in [3.05, 3.63) is 0 Å². The highest BCUT2D eigenvalue weighted by Gasteiger charge is 2.29. The van der Waals surface area contributed by atoms with E-state index in [2.05, 4.69) is 0 Å². The maximum Gasteiger partial charge on any atom is 0.501 e. The monoisotopic (exact) mass is 188 g/mol. The van der Waals surface area contributed by atoms with E-state index >= 15 is 0 Å². The van der Waals surface area contributed by atoms with Crippen LogP contribution in [0.3, 0.4) is 0 Å². The molecule has 0 saturated carbocycles. The topological polar surface area (TPSA) is 18.5 Å². The van der Waals surface area contributed by atoms with E-state index in [4.69, 9.17) is 18.5 Å². The number of ether oxygens (including phenoxy) is 2. The summed E-state index contributed by atoms with van der Waals surface area (Å²) in [4.78, 5) is 0. The first-order valence-corrected chi connectivity index (χ1v) is 7.24. The lowest BCUT2D eigenvalue weighted by atomic mass is 10.2. The van der Waals surface area contributed by atoms with Crippen molar-refractivity contribution >= 4 is 28.3 Å². The molecule has 1 aliphatic rings. The molecular weight excluding hydrogens is 176 g/mol. The molecule has 1 rings (SSSR count). The zero-order valence-corrected chi connectivity index (χ0v) is 9.11. The number of hydrogen-bond donors (Lipinski definition) is 0. The van der Waals surface area contributed by atoms with Gasteiger partial charge < -0.3 is 18.5 Å². The van der Waals surface area contributed by atoms with Crippen molar-refractivity contribution in [1.82, 2.24) is 0 Å². The smallest absolute Gasteiger partial charge is 0.348 e. The van der Waals surface area contributed by atoms with Crippen LogP contribution >= 0.6 is 9.07 Å². The van der Waals surface area contributed by atoms with Crippen molar-refractivity contribution in [3.8, 4) is 0 Å². The summed E-state index contributed by atoms with van der Waals surface area (Å²) < 4.78 is 12.1. The molecule has 0 aromatic heterocycles. The highest BCUT2D eigenvalue weighted by molar-refractivity contribution is 6.93. The summed E-state index contributed by atoms with van der Waals surface area (Å²) in [5.74, 6) is -0.291. The molecule has 62 valence electrons. The minimum atomic E-state index is -0.291. The predicted octanol–water partition coefficient (Wildman–Crippen LogP) is 1.81. The Morgan fingerprint density at radius 3 is 2.64 bits per heavy atom. The van der Waals surface area contributed by atoms with Crippen molar-refractivity contribution < 1.29 is 9.47 Å². The van der Waals surface area contributed by atoms with Crippen molar-refractivity contribution in [3.63, 3.8) is 0 Å². The Labute approximate surface area is 81.1 Å². The standard InChI is InChI=1S/C7H13O2.ClH.Mg/c1-3-4-7(2)8-5-6-9-7;;/h1,3-6H2,2H3;1H;/q;;+1/p-1. The van der Waals surface area contributed by atoms with Gasteiger partial charge in [0.2, 0.25) is 0 Å². The van der Waals surface area contributed by atoms with Gasteiger partial charge in [-0.05, 0) is 13.3 Å². The van der Waals surface area contributed by atoms with Crippen molar-refractivity contribution in [2.45, 2.75) is 30.1 Å². The molecule has 0 aliphatic carbocycles. The van der Waals surface area contributed by atoms with Gasteiger partial charge in [0.15, 0.2) is 5.79 Å². The highest BCUT2D eigenvalue weighted by atomic mass is 35.5. The Kier molecular flexibility index (Phi) is 4.45. The average molecular weight is 189 g/mol. The van der Waals surface area contributed by atoms with Gasteiger partial charge in [0.25, 0.3) is 0 Å². The Bertz CT molecular complexity index is 115. The fourth-order valence-electron chi connectivity index (χ4n) is 1.24. The van der Waals surface area contributed by atoms with E-state index in [0.717, 1.165) is 26.1 Å². The van der Waals surface area contributed by atoms with Crippen LogP contribution < -0.4 is 0 Å². The van der Waals surface area contributed by atoms with E-state index in [0.29, 0.717) is 0 Å². The molecule has 1 aliphatic heterocycles. The first-order chi connectivity index (χ1) is 5.27. The van der Waals surface area contributed by atoms with Crippen LogP contribution in [0.4, 0.5) is 0 Å². The number of hydrogen-bond acceptors (Lipinski definition) is 2. The zero-order chi connectivity index (χ0) is 8.16. The van der Waals surface area contributed by atoms with E-state index in [-0.39, 0.29) is 25.1 Å². The van der Waals surface area contributed by atoms with E-state index in [1.807, 2.05) is 6.92 Å². The number of halogens is 1. The lowest BCUT2D eigenvalue weighted by Crippen LogP contribution is -2.25. The minimum absolute atomic E-state index is 0.289. The van der Waals surface area contributed by atoms with Gasteiger partial charge in [-0.2, -0.15) is 0 Å². The van der Waals surface area contributed by atoms with E-state index in [1.165, 1.54) is 4.55 Å². The molecule has 1 heterocycles. The molecule has 0 unspecified atom stereocenters. The van der Waals surface area contributed by atoms with Gasteiger partial charge in [0, 0.05) is 0 Å². The molecule has 11 heavy (non-hydrogen) atoms. The van der Waals surface area contributed by atoms with Gasteiger partial charge in [-0.25, -0.2) is 0 Å². The molecule has 0 amide bonds. The number of rotatable bonds is 4. The first kappa shape index (κ1) is 10.1. The molecular formula is C7H13ClMgO2. The molecule has 0 atom stereocenters. The Morgan fingerprint density at radius 1 is 1.45 bits per heavy atom. The Hall–Kier alpha value is 0.976. The van der Waals surface area contributed by atoms with Crippen LogP contribution in [-0.2, 0) is 9.47 Å². The quantitative estimate of drug-likeness (QED) is 0.495. The van der Waals surface area contributed by atoms with E-state index in [9.17, 15) is 0 Å². The van der Waals surface area contributed by atoms with Crippen LogP contribution in [0.1, 0.15) is 19.8 Å². The fourth-order valence-corrected chi connectivity index (χ4v) is 2.25. The van der Waals surface area contributed by atoms with E-state index < -0.39 is 0 Å². The summed E-state index contributed by atoms with van der Waals surface area (Å²) in [7, 11) is 5.69. The van der Waals surface area contributed by atoms with Crippen molar-refractivity contribution in [1.29, 1.82) is 0 Å². The minimum Gasteiger partial charge on any atom is -0.348 e. The third-order valence-corrected chi connectivity index (χ3v) is 3.48. The molecule has 0 aromatic rings. The summed E-state index contributed by atoms with van der Waals surface area (Å²) in [5, 5.41) is 0. The summed E-state index contributed by atoms with van der Waals surface area (Å²) in [6.07, 6.45) is 2.14. The summed E-state index contributed by atoms with van der Waals surface area (Å²) in [6.45, 7) is 3.50. The molecule has 0 N–H and O–H groups in total. The lowest BCUT2D eigenvalue weighted by Gasteiger charge is -2.21. The van der Waals surface area contributed by atoms with Gasteiger partial charge in [0.1, 0.15) is 0 Å². The predicted molar refractivity (Wildman–Crippen MR) is 46.0 cm³/mol. The molecule has 2 nitrogen and oxygen atoms in total. The second kappa shape index (κ2) is 4.87. The summed E-state index contributed by atoms with van der Waals surface area (Å²) in [5.41, 5.74) is 0. The molecule has 0 aromatic carbocycles. The van der Waals surface area contributed by atoms with Gasteiger partial charge >= 0.3 is 19.3 Å². The molecule has 0 bridgehead atoms. The lowest BCUT2D eigenvalue weighted by molar-refractivity contribution is -0.146. The highest BCUT2D eigenvalue weighted by Crippen LogP contribution is 2.24. The summed E-state index contributed by atoms with van der Waals surface area (Å²) >= 11 is -0.289. The Balaban J connectivity index is 2.13. The van der Waals surface area contributed by atoms with Gasteiger partial charge in [-0.15, -0.1) is 4.55 Å². The third-order valence-electron chi connectivity index (χ3n) is 1.91. The normalized spacial score (nSPS) is 21.6. The van der Waals surface area contributed by atoms with Crippen LogP contribution in [0.5, 0.6) is 0 Å². The molecule has 0 spiro atoms. The van der Waals surface area contributed by atoms with Gasteiger partial charge in [-0.3, -0.25) is 0 Å². The molecule has 1 fully saturated rings. The van der Waals surface area contributed by atoms with Crippen LogP contribution in [-0.4, -0.2) is 38.3 Å². The van der Waals surface area contributed by atoms with E-state index in [1.54, 1.807) is 0 Å². The average Bonchev–Trinajstić information content (AvgIpc) is 2.38. The second-order valence-corrected chi connectivity index (χ2v) is 5.20. The fraction of sp³-hybridized carbons (Fsp3) is 1.00. The maximum atomic E-state index is 5.69. The van der Waals surface area contributed by atoms with Gasteiger partial charge in [0.05, 0.1) is 13.2 Å². The molecule has 0 radical (unpaired) electrons. The van der Waals surface area contributed by atoms with Crippen LogP contribution in [0.15, 0.2) is 0 Å². The largest absolute Gasteiger partial charge is 0.501 e. The summed E-state index contributed by atoms with van der Waals surface area (Å²) in [6, 6.07) is 0. The van der Waals surface area contributed by atoms with Crippen LogP contribution in [0, 0.1) is 0 Å². The zero-order valence-electron chi connectivity index (χ0n) is 6.94. The molecule has 1 saturated heterocycles. The van der Waals surface area contributed by atoms with Crippen molar-refractivity contribution in [2.24, 2.45) is 0 Å². The van der Waals surface area contributed by atoms with Crippen molar-refractivity contribution in [2.75, 3.05) is 13.2 Å². The third kappa shape index (κ3) is 3.46. The first-order valence-electron chi connectivity index (χ1n) is 4.11.